The summed E-state index contributed by atoms with van der Waals surface area (Å²) in [6.07, 6.45) is 15.3. The molecule has 0 atom stereocenters. The van der Waals surface area contributed by atoms with Gasteiger partial charge in [0, 0.05) is 4.57 Å². The van der Waals surface area contributed by atoms with Crippen molar-refractivity contribution in [1.82, 2.24) is 0 Å². The Hall–Kier alpha value is -0.500. The van der Waals surface area contributed by atoms with Gasteiger partial charge in [-0.1, -0.05) is 24.3 Å². The van der Waals surface area contributed by atoms with E-state index < -0.39 is 8.25 Å². The summed E-state index contributed by atoms with van der Waals surface area (Å²) in [5.74, 6) is 1.36. The zero-order valence-corrected chi connectivity index (χ0v) is 11.7. The molecule has 0 aromatic heterocycles. The molecule has 0 unspecified atom stereocenters. The van der Waals surface area contributed by atoms with Crippen molar-refractivity contribution in [2.45, 2.75) is 38.5 Å². The van der Waals surface area contributed by atoms with Crippen molar-refractivity contribution in [2.24, 2.45) is 11.8 Å². The summed E-state index contributed by atoms with van der Waals surface area (Å²) in [5, 5.41) is 0. The highest BCUT2D eigenvalue weighted by atomic mass is 31.1. The molecule has 0 radical (unpaired) electrons. The second-order valence-electron chi connectivity index (χ2n) is 5.09. The molecular formula is C14H22O3P+. The van der Waals surface area contributed by atoms with Gasteiger partial charge in [-0.05, 0) is 50.4 Å². The Morgan fingerprint density at radius 2 is 1.22 bits per heavy atom. The van der Waals surface area contributed by atoms with Crippen LogP contribution in [0.3, 0.4) is 0 Å². The summed E-state index contributed by atoms with van der Waals surface area (Å²) in [6.45, 7) is 1.10. The van der Waals surface area contributed by atoms with E-state index in [1.54, 1.807) is 0 Å². The molecule has 2 aliphatic rings. The van der Waals surface area contributed by atoms with E-state index in [4.69, 9.17) is 9.05 Å². The SMILES string of the molecule is O=[P+](OCCC1CC=CC1)OCCC1CC=CC1. The predicted octanol–water partition coefficient (Wildman–Crippen LogP) is 4.39. The van der Waals surface area contributed by atoms with Crippen LogP contribution in [0.25, 0.3) is 0 Å². The zero-order valence-electron chi connectivity index (χ0n) is 10.8. The fourth-order valence-corrected chi connectivity index (χ4v) is 3.03. The Labute approximate surface area is 110 Å². The second kappa shape index (κ2) is 7.83. The van der Waals surface area contributed by atoms with E-state index in [-0.39, 0.29) is 0 Å². The molecule has 0 saturated carbocycles. The maximum atomic E-state index is 11.5. The fourth-order valence-electron chi connectivity index (χ4n) is 2.44. The predicted molar refractivity (Wildman–Crippen MR) is 72.5 cm³/mol. The van der Waals surface area contributed by atoms with E-state index in [0.717, 1.165) is 38.5 Å². The molecule has 0 aromatic carbocycles. The average molecular weight is 269 g/mol. The van der Waals surface area contributed by atoms with Crippen LogP contribution in [-0.4, -0.2) is 13.2 Å². The topological polar surface area (TPSA) is 35.5 Å². The third-order valence-corrected chi connectivity index (χ3v) is 4.44. The molecule has 18 heavy (non-hydrogen) atoms. The van der Waals surface area contributed by atoms with Crippen molar-refractivity contribution in [2.75, 3.05) is 13.2 Å². The van der Waals surface area contributed by atoms with Crippen LogP contribution in [0.15, 0.2) is 24.3 Å². The van der Waals surface area contributed by atoms with Crippen molar-refractivity contribution >= 4 is 8.25 Å². The van der Waals surface area contributed by atoms with E-state index in [1.807, 2.05) is 0 Å². The van der Waals surface area contributed by atoms with Gasteiger partial charge >= 0.3 is 8.25 Å². The van der Waals surface area contributed by atoms with Gasteiger partial charge in [0.15, 0.2) is 0 Å². The first-order chi connectivity index (χ1) is 8.84. The Morgan fingerprint density at radius 1 is 0.833 bits per heavy atom. The first kappa shape index (κ1) is 13.9. The maximum absolute atomic E-state index is 11.5. The van der Waals surface area contributed by atoms with E-state index in [1.165, 1.54) is 0 Å². The van der Waals surface area contributed by atoms with Crippen LogP contribution in [-0.2, 0) is 13.6 Å². The summed E-state index contributed by atoms with van der Waals surface area (Å²) in [5.41, 5.74) is 0. The monoisotopic (exact) mass is 269 g/mol. The highest BCUT2D eigenvalue weighted by Crippen LogP contribution is 2.29. The van der Waals surface area contributed by atoms with Crippen molar-refractivity contribution < 1.29 is 13.6 Å². The zero-order chi connectivity index (χ0) is 12.6. The first-order valence-electron chi connectivity index (χ1n) is 6.87. The Bertz CT molecular complexity index is 279. The molecule has 0 aliphatic heterocycles. The molecule has 3 nitrogen and oxygen atoms in total. The van der Waals surface area contributed by atoms with Crippen LogP contribution in [0.1, 0.15) is 38.5 Å². The van der Waals surface area contributed by atoms with Gasteiger partial charge in [0.2, 0.25) is 0 Å². The van der Waals surface area contributed by atoms with Gasteiger partial charge in [-0.3, -0.25) is 0 Å². The van der Waals surface area contributed by atoms with Crippen LogP contribution in [0, 0.1) is 11.8 Å². The lowest BCUT2D eigenvalue weighted by Crippen LogP contribution is -2.01. The van der Waals surface area contributed by atoms with E-state index in [2.05, 4.69) is 24.3 Å². The average Bonchev–Trinajstić information content (AvgIpc) is 3.01. The van der Waals surface area contributed by atoms with Gasteiger partial charge in [0.1, 0.15) is 13.2 Å². The number of hydrogen-bond acceptors (Lipinski definition) is 3. The van der Waals surface area contributed by atoms with Gasteiger partial charge in [-0.2, -0.15) is 0 Å². The third kappa shape index (κ3) is 5.01. The minimum atomic E-state index is -1.91. The van der Waals surface area contributed by atoms with Crippen LogP contribution in [0.2, 0.25) is 0 Å². The molecule has 2 rings (SSSR count). The molecule has 2 aliphatic carbocycles. The lowest BCUT2D eigenvalue weighted by Gasteiger charge is -2.05. The summed E-state index contributed by atoms with van der Waals surface area (Å²) < 4.78 is 21.9. The van der Waals surface area contributed by atoms with Gasteiger partial charge in [0.25, 0.3) is 0 Å². The lowest BCUT2D eigenvalue weighted by atomic mass is 10.0. The van der Waals surface area contributed by atoms with Crippen molar-refractivity contribution in [3.05, 3.63) is 24.3 Å². The Morgan fingerprint density at radius 3 is 1.61 bits per heavy atom. The number of allylic oxidation sites excluding steroid dienone is 4. The first-order valence-corrected chi connectivity index (χ1v) is 7.97. The van der Waals surface area contributed by atoms with E-state index in [9.17, 15) is 4.57 Å². The normalized spacial score (nSPS) is 20.0. The lowest BCUT2D eigenvalue weighted by molar-refractivity contribution is 0.204. The van der Waals surface area contributed by atoms with Gasteiger partial charge in [0.05, 0.1) is 0 Å². The molecule has 0 heterocycles. The van der Waals surface area contributed by atoms with Gasteiger partial charge in [-0.25, -0.2) is 0 Å². The Balaban J connectivity index is 1.44. The van der Waals surface area contributed by atoms with Crippen molar-refractivity contribution in [3.8, 4) is 0 Å². The molecule has 0 N–H and O–H groups in total. The third-order valence-electron chi connectivity index (χ3n) is 3.66. The minimum Gasteiger partial charge on any atom is -0.119 e. The molecule has 0 spiro atoms. The fraction of sp³-hybridized carbons (Fsp3) is 0.714. The smallest absolute Gasteiger partial charge is 0.119 e. The van der Waals surface area contributed by atoms with Crippen LogP contribution >= 0.6 is 8.25 Å². The number of rotatable bonds is 8. The standard InChI is InChI=1S/C14H22O3P/c15-18(16-11-9-13-5-1-2-6-13)17-12-10-14-7-3-4-8-14/h1-4,13-14H,5-12H2/q+1. The Kier molecular flexibility index (Phi) is 6.06. The maximum Gasteiger partial charge on any atom is 0.697 e. The summed E-state index contributed by atoms with van der Waals surface area (Å²) >= 11 is 0. The van der Waals surface area contributed by atoms with Gasteiger partial charge in [-0.15, -0.1) is 9.05 Å². The molecule has 0 amide bonds. The van der Waals surface area contributed by atoms with Gasteiger partial charge < -0.3 is 0 Å². The van der Waals surface area contributed by atoms with E-state index >= 15 is 0 Å². The van der Waals surface area contributed by atoms with Crippen LogP contribution in [0.4, 0.5) is 0 Å². The highest BCUT2D eigenvalue weighted by molar-refractivity contribution is 7.33. The molecule has 0 fully saturated rings. The van der Waals surface area contributed by atoms with Crippen LogP contribution < -0.4 is 0 Å². The molecule has 0 aromatic rings. The van der Waals surface area contributed by atoms with Crippen LogP contribution in [0.5, 0.6) is 0 Å². The highest BCUT2D eigenvalue weighted by Gasteiger charge is 2.22. The molecule has 0 saturated heterocycles. The molecule has 4 heteroatoms. The summed E-state index contributed by atoms with van der Waals surface area (Å²) in [7, 11) is -1.91. The van der Waals surface area contributed by atoms with Crippen molar-refractivity contribution in [3.63, 3.8) is 0 Å². The summed E-state index contributed by atoms with van der Waals surface area (Å²) in [4.78, 5) is 0. The second-order valence-corrected chi connectivity index (χ2v) is 6.05. The molecule has 0 bridgehead atoms. The number of hydrogen-bond donors (Lipinski definition) is 0. The van der Waals surface area contributed by atoms with E-state index in [0.29, 0.717) is 25.0 Å². The summed E-state index contributed by atoms with van der Waals surface area (Å²) in [6, 6.07) is 0. The quantitative estimate of drug-likeness (QED) is 0.484. The molecular weight excluding hydrogens is 247 g/mol. The largest absolute Gasteiger partial charge is 0.697 e. The minimum absolute atomic E-state index is 0.548. The molecule has 100 valence electrons. The van der Waals surface area contributed by atoms with Crippen molar-refractivity contribution in [1.29, 1.82) is 0 Å².